The molecule has 0 unspecified atom stereocenters. The summed E-state index contributed by atoms with van der Waals surface area (Å²) in [6.07, 6.45) is 2.40. The largest absolute Gasteiger partial charge is 0.360 e. The molecule has 1 saturated heterocycles. The molecular formula is C19H21N3O4. The van der Waals surface area contributed by atoms with Gasteiger partial charge in [-0.15, -0.1) is 0 Å². The number of benzene rings is 1. The normalized spacial score (nSPS) is 15.0. The predicted octanol–water partition coefficient (Wildman–Crippen LogP) is 2.36. The zero-order valence-electron chi connectivity index (χ0n) is 15.0. The van der Waals surface area contributed by atoms with Gasteiger partial charge in [-0.05, 0) is 17.9 Å². The number of hydrogen-bond donors (Lipinski definition) is 1. The van der Waals surface area contributed by atoms with E-state index in [-0.39, 0.29) is 18.2 Å². The van der Waals surface area contributed by atoms with Crippen molar-refractivity contribution in [1.82, 2.24) is 14.8 Å². The fourth-order valence-electron chi connectivity index (χ4n) is 3.19. The van der Waals surface area contributed by atoms with Gasteiger partial charge >= 0.3 is 17.8 Å². The molecule has 1 aromatic carbocycles. The molecule has 0 saturated carbocycles. The number of amides is 4. The number of Topliss-reactive ketones (excluding diaryl/α,β-unsaturated/α-hetero) is 1. The SMILES string of the molecule is CCc1cccc2c(C(=O)CN3C(=O)C(=O)N(CC(C)C)C3=O)c[nH]c12. The molecule has 1 N–H and O–H groups in total. The van der Waals surface area contributed by atoms with Crippen LogP contribution in [-0.4, -0.2) is 51.5 Å². The molecule has 26 heavy (non-hydrogen) atoms. The van der Waals surface area contributed by atoms with Crippen LogP contribution >= 0.6 is 0 Å². The third kappa shape index (κ3) is 2.89. The lowest BCUT2D eigenvalue weighted by Gasteiger charge is -2.16. The fourth-order valence-corrected chi connectivity index (χ4v) is 3.19. The van der Waals surface area contributed by atoms with Crippen molar-refractivity contribution in [2.75, 3.05) is 13.1 Å². The van der Waals surface area contributed by atoms with Gasteiger partial charge in [-0.25, -0.2) is 9.69 Å². The van der Waals surface area contributed by atoms with Crippen molar-refractivity contribution >= 4 is 34.5 Å². The average Bonchev–Trinajstić information content (AvgIpc) is 3.12. The van der Waals surface area contributed by atoms with E-state index in [4.69, 9.17) is 0 Å². The van der Waals surface area contributed by atoms with Gasteiger partial charge in [0.15, 0.2) is 5.78 Å². The highest BCUT2D eigenvalue weighted by Crippen LogP contribution is 2.23. The Morgan fingerprint density at radius 1 is 1.12 bits per heavy atom. The minimum Gasteiger partial charge on any atom is -0.360 e. The van der Waals surface area contributed by atoms with Gasteiger partial charge in [0.25, 0.3) is 0 Å². The van der Waals surface area contributed by atoms with E-state index >= 15 is 0 Å². The second kappa shape index (κ2) is 6.74. The van der Waals surface area contributed by atoms with E-state index in [1.165, 1.54) is 0 Å². The summed E-state index contributed by atoms with van der Waals surface area (Å²) in [5.74, 6) is -2.17. The number of fused-ring (bicyclic) bond motifs is 1. The Hall–Kier alpha value is -2.96. The van der Waals surface area contributed by atoms with E-state index in [2.05, 4.69) is 4.98 Å². The van der Waals surface area contributed by atoms with Crippen LogP contribution in [0.5, 0.6) is 0 Å². The Labute approximate surface area is 150 Å². The highest BCUT2D eigenvalue weighted by atomic mass is 16.2. The number of nitrogens with zero attached hydrogens (tertiary/aromatic N) is 2. The Morgan fingerprint density at radius 2 is 1.81 bits per heavy atom. The number of carbonyl (C=O) groups excluding carboxylic acids is 4. The van der Waals surface area contributed by atoms with E-state index in [1.54, 1.807) is 6.20 Å². The number of urea groups is 1. The first kappa shape index (κ1) is 17.8. The fraction of sp³-hybridized carbons (Fsp3) is 0.368. The lowest BCUT2D eigenvalue weighted by atomic mass is 10.0. The first-order valence-corrected chi connectivity index (χ1v) is 8.64. The molecule has 2 heterocycles. The minimum atomic E-state index is -0.946. The van der Waals surface area contributed by atoms with Crippen molar-refractivity contribution in [2.24, 2.45) is 5.92 Å². The summed E-state index contributed by atoms with van der Waals surface area (Å²) < 4.78 is 0. The van der Waals surface area contributed by atoms with Crippen LogP contribution in [0.2, 0.25) is 0 Å². The van der Waals surface area contributed by atoms with Gasteiger partial charge in [-0.3, -0.25) is 19.3 Å². The second-order valence-corrected chi connectivity index (χ2v) is 6.80. The quantitative estimate of drug-likeness (QED) is 0.489. The van der Waals surface area contributed by atoms with Crippen LogP contribution in [0.1, 0.15) is 36.7 Å². The van der Waals surface area contributed by atoms with Crippen LogP contribution in [0.25, 0.3) is 10.9 Å². The number of carbonyl (C=O) groups is 4. The Morgan fingerprint density at radius 3 is 2.46 bits per heavy atom. The molecule has 1 aliphatic heterocycles. The van der Waals surface area contributed by atoms with Gasteiger partial charge in [-0.1, -0.05) is 39.0 Å². The molecule has 2 aromatic rings. The van der Waals surface area contributed by atoms with E-state index in [0.29, 0.717) is 5.56 Å². The first-order valence-electron chi connectivity index (χ1n) is 8.64. The molecule has 1 aromatic heterocycles. The maximum Gasteiger partial charge on any atom is 0.334 e. The summed E-state index contributed by atoms with van der Waals surface area (Å²) in [5, 5.41) is 0.749. The number of para-hydroxylation sites is 1. The van der Waals surface area contributed by atoms with Gasteiger partial charge in [0.05, 0.1) is 6.54 Å². The third-order valence-corrected chi connectivity index (χ3v) is 4.47. The van der Waals surface area contributed by atoms with Crippen LogP contribution in [0.15, 0.2) is 24.4 Å². The topological polar surface area (TPSA) is 90.6 Å². The maximum atomic E-state index is 12.7. The van der Waals surface area contributed by atoms with Gasteiger partial charge < -0.3 is 4.98 Å². The summed E-state index contributed by atoms with van der Waals surface area (Å²) >= 11 is 0. The van der Waals surface area contributed by atoms with Crippen LogP contribution < -0.4 is 0 Å². The number of aromatic nitrogens is 1. The summed E-state index contributed by atoms with van der Waals surface area (Å²) in [4.78, 5) is 54.0. The summed E-state index contributed by atoms with van der Waals surface area (Å²) in [5.41, 5.74) is 2.36. The van der Waals surface area contributed by atoms with E-state index in [0.717, 1.165) is 32.7 Å². The lowest BCUT2D eigenvalue weighted by Crippen LogP contribution is -2.38. The molecule has 136 valence electrons. The molecular weight excluding hydrogens is 334 g/mol. The van der Waals surface area contributed by atoms with E-state index in [1.807, 2.05) is 39.0 Å². The number of hydrogen-bond acceptors (Lipinski definition) is 4. The Bertz CT molecular complexity index is 913. The van der Waals surface area contributed by atoms with Gasteiger partial charge in [-0.2, -0.15) is 0 Å². The number of H-pyrrole nitrogens is 1. The van der Waals surface area contributed by atoms with Crippen LogP contribution in [0.4, 0.5) is 4.79 Å². The molecule has 7 nitrogen and oxygen atoms in total. The molecule has 1 aliphatic rings. The van der Waals surface area contributed by atoms with Crippen molar-refractivity contribution in [3.8, 4) is 0 Å². The Balaban J connectivity index is 1.85. The van der Waals surface area contributed by atoms with Crippen LogP contribution in [-0.2, 0) is 16.0 Å². The predicted molar refractivity (Wildman–Crippen MR) is 95.7 cm³/mol. The Kier molecular flexibility index (Phi) is 4.63. The van der Waals surface area contributed by atoms with Crippen molar-refractivity contribution in [2.45, 2.75) is 27.2 Å². The maximum absolute atomic E-state index is 12.7. The van der Waals surface area contributed by atoms with Gasteiger partial charge in [0, 0.05) is 29.2 Å². The molecule has 0 spiro atoms. The summed E-state index contributed by atoms with van der Waals surface area (Å²) in [7, 11) is 0. The van der Waals surface area contributed by atoms with Gasteiger partial charge in [0.2, 0.25) is 0 Å². The molecule has 0 radical (unpaired) electrons. The van der Waals surface area contributed by atoms with Crippen LogP contribution in [0, 0.1) is 5.92 Å². The van der Waals surface area contributed by atoms with Gasteiger partial charge in [0.1, 0.15) is 0 Å². The lowest BCUT2D eigenvalue weighted by molar-refractivity contribution is -0.143. The number of nitrogens with one attached hydrogen (secondary N) is 1. The standard InChI is InChI=1S/C19H21N3O4/c1-4-12-6-5-7-13-14(8-20-16(12)13)15(23)10-22-18(25)17(24)21(19(22)26)9-11(2)3/h5-8,11,20H,4,9-10H2,1-3H3. The van der Waals surface area contributed by atoms with Crippen molar-refractivity contribution in [1.29, 1.82) is 0 Å². The molecule has 1 fully saturated rings. The zero-order valence-corrected chi connectivity index (χ0v) is 15.0. The van der Waals surface area contributed by atoms with Crippen molar-refractivity contribution in [3.63, 3.8) is 0 Å². The molecule has 3 rings (SSSR count). The number of imide groups is 2. The monoisotopic (exact) mass is 355 g/mol. The number of aromatic amines is 1. The second-order valence-electron chi connectivity index (χ2n) is 6.80. The minimum absolute atomic E-state index is 0.0347. The molecule has 4 amide bonds. The first-order chi connectivity index (χ1) is 12.3. The number of ketones is 1. The summed E-state index contributed by atoms with van der Waals surface area (Å²) in [6, 6.07) is 4.94. The summed E-state index contributed by atoms with van der Waals surface area (Å²) in [6.45, 7) is 5.42. The highest BCUT2D eigenvalue weighted by Gasteiger charge is 2.45. The third-order valence-electron chi connectivity index (χ3n) is 4.47. The molecule has 0 aliphatic carbocycles. The van der Waals surface area contributed by atoms with Crippen LogP contribution in [0.3, 0.4) is 0 Å². The highest BCUT2D eigenvalue weighted by molar-refractivity contribution is 6.45. The molecule has 7 heteroatoms. The van der Waals surface area contributed by atoms with Crippen molar-refractivity contribution < 1.29 is 19.2 Å². The molecule has 0 bridgehead atoms. The van der Waals surface area contributed by atoms with E-state index in [9.17, 15) is 19.2 Å². The van der Waals surface area contributed by atoms with Crippen molar-refractivity contribution in [3.05, 3.63) is 35.5 Å². The zero-order chi connectivity index (χ0) is 19.0. The number of aryl methyl sites for hydroxylation is 1. The molecule has 0 atom stereocenters. The average molecular weight is 355 g/mol. The number of rotatable bonds is 6. The smallest absolute Gasteiger partial charge is 0.334 e. The van der Waals surface area contributed by atoms with E-state index < -0.39 is 24.4 Å².